The number of fused-ring (bicyclic) bond motifs is 1. The Hall–Kier alpha value is -2.04. The number of hydrogen-bond acceptors (Lipinski definition) is 4. The molecule has 1 fully saturated rings. The van der Waals surface area contributed by atoms with Crippen molar-refractivity contribution in [1.82, 2.24) is 4.98 Å². The van der Waals surface area contributed by atoms with Gasteiger partial charge in [-0.1, -0.05) is 18.2 Å². The van der Waals surface area contributed by atoms with Crippen molar-refractivity contribution in [3.8, 4) is 6.07 Å². The molecule has 0 aliphatic heterocycles. The predicted molar refractivity (Wildman–Crippen MR) is 83.9 cm³/mol. The van der Waals surface area contributed by atoms with Crippen LogP contribution in [0.25, 0.3) is 10.9 Å². The molecular weight excluding hydrogens is 302 g/mol. The summed E-state index contributed by atoms with van der Waals surface area (Å²) in [4.78, 5) is 2.95. The molecule has 1 aliphatic carbocycles. The number of anilines is 1. The van der Waals surface area contributed by atoms with E-state index in [-0.39, 0.29) is 17.7 Å². The van der Waals surface area contributed by atoms with E-state index < -0.39 is 10.0 Å². The second-order valence-electron chi connectivity index (χ2n) is 5.53. The summed E-state index contributed by atoms with van der Waals surface area (Å²) < 4.78 is 32.4. The van der Waals surface area contributed by atoms with Crippen molar-refractivity contribution in [2.24, 2.45) is 5.92 Å². The van der Waals surface area contributed by atoms with Gasteiger partial charge >= 0.3 is 0 Å². The van der Waals surface area contributed by atoms with Crippen LogP contribution >= 0.6 is 0 Å². The van der Waals surface area contributed by atoms with Crippen LogP contribution in [-0.2, 0) is 14.8 Å². The Balaban J connectivity index is 1.87. The zero-order chi connectivity index (χ0) is 15.7. The van der Waals surface area contributed by atoms with Gasteiger partial charge in [-0.3, -0.25) is 4.72 Å². The number of benzene rings is 1. The van der Waals surface area contributed by atoms with Crippen molar-refractivity contribution in [2.75, 3.05) is 17.6 Å². The van der Waals surface area contributed by atoms with Crippen LogP contribution in [0.1, 0.15) is 18.4 Å². The van der Waals surface area contributed by atoms with E-state index in [0.29, 0.717) is 16.9 Å². The fraction of sp³-hybridized carbons (Fsp3) is 0.400. The minimum Gasteiger partial charge on any atom is -0.380 e. The molecule has 6 nitrogen and oxygen atoms in total. The summed E-state index contributed by atoms with van der Waals surface area (Å²) in [5.41, 5.74) is 1.03. The van der Waals surface area contributed by atoms with Crippen LogP contribution in [-0.4, -0.2) is 32.4 Å². The summed E-state index contributed by atoms with van der Waals surface area (Å²) in [7, 11) is -2.06. The Bertz CT molecular complexity index is 831. The van der Waals surface area contributed by atoms with Gasteiger partial charge < -0.3 is 9.72 Å². The molecule has 0 radical (unpaired) electrons. The molecule has 1 atom stereocenters. The van der Waals surface area contributed by atoms with Crippen LogP contribution < -0.4 is 4.72 Å². The van der Waals surface area contributed by atoms with Gasteiger partial charge in [0.15, 0.2) is 0 Å². The number of para-hydroxylation sites is 1. The zero-order valence-electron chi connectivity index (χ0n) is 12.2. The molecule has 0 bridgehead atoms. The van der Waals surface area contributed by atoms with E-state index in [1.54, 1.807) is 12.1 Å². The van der Waals surface area contributed by atoms with E-state index in [4.69, 9.17) is 4.74 Å². The average Bonchev–Trinajstić information content (AvgIpc) is 3.26. The second kappa shape index (κ2) is 5.63. The first kappa shape index (κ1) is 14.9. The Kier molecular flexibility index (Phi) is 3.81. The molecule has 1 aromatic heterocycles. The molecule has 1 heterocycles. The molecular formula is C15H17N3O3S. The van der Waals surface area contributed by atoms with Crippen molar-refractivity contribution in [3.05, 3.63) is 29.8 Å². The van der Waals surface area contributed by atoms with Gasteiger partial charge in [-0.15, -0.1) is 0 Å². The lowest BCUT2D eigenvalue weighted by molar-refractivity contribution is 0.103. The lowest BCUT2D eigenvalue weighted by Gasteiger charge is -2.15. The number of H-pyrrole nitrogens is 1. The highest BCUT2D eigenvalue weighted by molar-refractivity contribution is 7.92. The van der Waals surface area contributed by atoms with E-state index in [2.05, 4.69) is 15.8 Å². The smallest absolute Gasteiger partial charge is 0.236 e. The minimum atomic E-state index is -3.59. The number of nitrogens with zero attached hydrogens (tertiary/aromatic N) is 1. The zero-order valence-corrected chi connectivity index (χ0v) is 13.0. The summed E-state index contributed by atoms with van der Waals surface area (Å²) in [5.74, 6) is 0.433. The van der Waals surface area contributed by atoms with Gasteiger partial charge in [0.2, 0.25) is 10.0 Å². The van der Waals surface area contributed by atoms with Crippen LogP contribution in [0.15, 0.2) is 24.3 Å². The predicted octanol–water partition coefficient (Wildman–Crippen LogP) is 2.21. The Morgan fingerprint density at radius 1 is 1.45 bits per heavy atom. The molecule has 22 heavy (non-hydrogen) atoms. The van der Waals surface area contributed by atoms with Gasteiger partial charge in [0, 0.05) is 18.0 Å². The second-order valence-corrected chi connectivity index (χ2v) is 7.29. The van der Waals surface area contributed by atoms with Crippen LogP contribution in [0.2, 0.25) is 0 Å². The molecule has 0 spiro atoms. The Morgan fingerprint density at radius 3 is 2.82 bits per heavy atom. The maximum Gasteiger partial charge on any atom is 0.236 e. The summed E-state index contributed by atoms with van der Waals surface area (Å²) in [6.45, 7) is 0. The normalized spacial score (nSPS) is 16.4. The topological polar surface area (TPSA) is 95.0 Å². The van der Waals surface area contributed by atoms with Crippen LogP contribution in [0.3, 0.4) is 0 Å². The highest BCUT2D eigenvalue weighted by Gasteiger charge is 2.35. The number of nitriles is 1. The number of sulfonamides is 1. The van der Waals surface area contributed by atoms with Gasteiger partial charge in [0.05, 0.1) is 11.9 Å². The van der Waals surface area contributed by atoms with Gasteiger partial charge in [-0.25, -0.2) is 8.42 Å². The fourth-order valence-corrected chi connectivity index (χ4v) is 4.00. The molecule has 2 aromatic rings. The molecule has 2 N–H and O–H groups in total. The molecule has 0 saturated heterocycles. The van der Waals surface area contributed by atoms with E-state index >= 15 is 0 Å². The first-order valence-electron chi connectivity index (χ1n) is 7.08. The van der Waals surface area contributed by atoms with Gasteiger partial charge in [0.25, 0.3) is 0 Å². The van der Waals surface area contributed by atoms with Crippen molar-refractivity contribution in [1.29, 1.82) is 5.26 Å². The fourth-order valence-electron chi connectivity index (χ4n) is 2.61. The molecule has 1 unspecified atom stereocenters. The SMILES string of the molecule is COC(CS(=O)(=O)Nc1[nH]c2ccccc2c1C#N)C1CC1. The third kappa shape index (κ3) is 2.93. The molecule has 116 valence electrons. The van der Waals surface area contributed by atoms with Gasteiger partial charge in [-0.05, 0) is 24.8 Å². The number of methoxy groups -OCH3 is 1. The Labute approximate surface area is 129 Å². The number of aromatic amines is 1. The highest BCUT2D eigenvalue weighted by atomic mass is 32.2. The number of rotatable bonds is 6. The quantitative estimate of drug-likeness (QED) is 0.853. The largest absolute Gasteiger partial charge is 0.380 e. The van der Waals surface area contributed by atoms with Crippen molar-refractivity contribution in [3.63, 3.8) is 0 Å². The lowest BCUT2D eigenvalue weighted by Crippen LogP contribution is -2.29. The lowest BCUT2D eigenvalue weighted by atomic mass is 10.2. The standard InChI is InChI=1S/C15H17N3O3S/c1-21-14(10-6-7-10)9-22(19,20)18-15-12(8-16)11-4-2-3-5-13(11)17-15/h2-5,10,14,17-18H,6-7,9H2,1H3. The molecule has 1 aliphatic rings. The molecule has 0 amide bonds. The van der Waals surface area contributed by atoms with E-state index in [9.17, 15) is 13.7 Å². The van der Waals surface area contributed by atoms with Crippen molar-refractivity contribution < 1.29 is 13.2 Å². The third-order valence-corrected chi connectivity index (χ3v) is 5.19. The minimum absolute atomic E-state index is 0.103. The maximum absolute atomic E-state index is 12.3. The third-order valence-electron chi connectivity index (χ3n) is 3.91. The van der Waals surface area contributed by atoms with Crippen LogP contribution in [0.5, 0.6) is 0 Å². The molecule has 1 aromatic carbocycles. The highest BCUT2D eigenvalue weighted by Crippen LogP contribution is 2.35. The molecule has 1 saturated carbocycles. The summed E-state index contributed by atoms with van der Waals surface area (Å²) in [5, 5.41) is 10.0. The van der Waals surface area contributed by atoms with E-state index in [1.165, 1.54) is 7.11 Å². The van der Waals surface area contributed by atoms with Crippen molar-refractivity contribution in [2.45, 2.75) is 18.9 Å². The number of hydrogen-bond donors (Lipinski definition) is 2. The molecule has 7 heteroatoms. The van der Waals surface area contributed by atoms with Gasteiger partial charge in [0.1, 0.15) is 17.5 Å². The summed E-state index contributed by atoms with van der Waals surface area (Å²) in [6.07, 6.45) is 1.71. The number of nitrogens with one attached hydrogen (secondary N) is 2. The average molecular weight is 319 g/mol. The number of ether oxygens (including phenoxy) is 1. The van der Waals surface area contributed by atoms with Crippen LogP contribution in [0.4, 0.5) is 5.82 Å². The van der Waals surface area contributed by atoms with Gasteiger partial charge in [-0.2, -0.15) is 5.26 Å². The molecule has 3 rings (SSSR count). The first-order valence-corrected chi connectivity index (χ1v) is 8.73. The monoisotopic (exact) mass is 319 g/mol. The number of aromatic nitrogens is 1. The summed E-state index contributed by atoms with van der Waals surface area (Å²) >= 11 is 0. The first-order chi connectivity index (χ1) is 10.5. The van der Waals surface area contributed by atoms with Crippen molar-refractivity contribution >= 4 is 26.7 Å². The maximum atomic E-state index is 12.3. The Morgan fingerprint density at radius 2 is 2.18 bits per heavy atom. The summed E-state index contributed by atoms with van der Waals surface area (Å²) in [6, 6.07) is 9.27. The van der Waals surface area contributed by atoms with E-state index in [1.807, 2.05) is 12.1 Å². The van der Waals surface area contributed by atoms with Crippen LogP contribution in [0, 0.1) is 17.2 Å². The van der Waals surface area contributed by atoms with E-state index in [0.717, 1.165) is 18.4 Å².